The number of nitrogens with two attached hydrogens (primary N) is 2. The average Bonchev–Trinajstić information content (AvgIpc) is 2.92. The van der Waals surface area contributed by atoms with Crippen molar-refractivity contribution in [2.24, 2.45) is 10.9 Å². The van der Waals surface area contributed by atoms with Crippen LogP contribution in [0.25, 0.3) is 5.70 Å². The second-order valence-electron chi connectivity index (χ2n) is 5.37. The highest BCUT2D eigenvalue weighted by Gasteiger charge is 2.33. The van der Waals surface area contributed by atoms with E-state index in [1.54, 1.807) is 17.1 Å². The summed E-state index contributed by atoms with van der Waals surface area (Å²) in [6.45, 7) is 0.274. The van der Waals surface area contributed by atoms with Gasteiger partial charge in [0.25, 0.3) is 0 Å². The number of halogens is 1. The molecule has 0 unspecified atom stereocenters. The van der Waals surface area contributed by atoms with Gasteiger partial charge in [0.2, 0.25) is 10.0 Å². The Morgan fingerprint density at radius 2 is 1.64 bits per heavy atom. The molecule has 0 saturated carbocycles. The van der Waals surface area contributed by atoms with E-state index in [9.17, 15) is 13.2 Å². The molecule has 0 bridgehead atoms. The molecule has 130 valence electrons. The van der Waals surface area contributed by atoms with Crippen molar-refractivity contribution in [1.82, 2.24) is 5.01 Å². The zero-order valence-electron chi connectivity index (χ0n) is 13.0. The van der Waals surface area contributed by atoms with Crippen LogP contribution in [0.4, 0.5) is 10.5 Å². The van der Waals surface area contributed by atoms with Crippen LogP contribution in [-0.4, -0.2) is 26.0 Å². The molecule has 0 radical (unpaired) electrons. The van der Waals surface area contributed by atoms with Gasteiger partial charge in [-0.15, -0.1) is 0 Å². The van der Waals surface area contributed by atoms with Gasteiger partial charge in [0, 0.05) is 10.0 Å². The zero-order chi connectivity index (χ0) is 18.2. The summed E-state index contributed by atoms with van der Waals surface area (Å²) in [5.41, 5.74) is 7.73. The number of amides is 2. The zero-order valence-corrected chi connectivity index (χ0v) is 15.4. The van der Waals surface area contributed by atoms with Crippen LogP contribution in [0, 0.1) is 0 Å². The summed E-state index contributed by atoms with van der Waals surface area (Å²) in [7, 11) is -3.79. The highest BCUT2D eigenvalue weighted by molar-refractivity contribution is 9.11. The monoisotopic (exact) mass is 422 g/mol. The molecule has 1 aliphatic heterocycles. The highest BCUT2D eigenvalue weighted by Crippen LogP contribution is 2.38. The summed E-state index contributed by atoms with van der Waals surface area (Å²) in [5, 5.41) is 8.14. The molecule has 0 aliphatic carbocycles. The number of urea groups is 1. The van der Waals surface area contributed by atoms with Crippen LogP contribution in [0.3, 0.4) is 0 Å². The summed E-state index contributed by atoms with van der Waals surface area (Å²) in [4.78, 5) is 11.9. The molecule has 0 atom stereocenters. The van der Waals surface area contributed by atoms with Gasteiger partial charge >= 0.3 is 6.03 Å². The summed E-state index contributed by atoms with van der Waals surface area (Å²) in [6.07, 6.45) is 0. The summed E-state index contributed by atoms with van der Waals surface area (Å²) >= 11 is 3.51. The number of rotatable bonds is 3. The van der Waals surface area contributed by atoms with Gasteiger partial charge in [0.05, 0.1) is 22.8 Å². The first-order valence-corrected chi connectivity index (χ1v) is 9.57. The summed E-state index contributed by atoms with van der Waals surface area (Å²) in [5.74, 6) is 0. The fourth-order valence-electron chi connectivity index (χ4n) is 2.61. The molecule has 0 saturated heterocycles. The quantitative estimate of drug-likeness (QED) is 0.789. The summed E-state index contributed by atoms with van der Waals surface area (Å²) < 4.78 is 23.7. The maximum absolute atomic E-state index is 11.9. The number of hydrogen-bond donors (Lipinski definition) is 2. The minimum atomic E-state index is -3.79. The van der Waals surface area contributed by atoms with Crippen LogP contribution in [0.15, 0.2) is 64.0 Å². The Hall–Kier alpha value is -2.36. The predicted molar refractivity (Wildman–Crippen MR) is 98.9 cm³/mol. The fraction of sp³-hybridized carbons (Fsp3) is 0.0625. The van der Waals surface area contributed by atoms with Crippen molar-refractivity contribution < 1.29 is 13.2 Å². The maximum atomic E-state index is 11.9. The van der Waals surface area contributed by atoms with E-state index in [0.717, 1.165) is 15.7 Å². The Balaban J connectivity index is 2.10. The van der Waals surface area contributed by atoms with E-state index in [0.29, 0.717) is 5.69 Å². The van der Waals surface area contributed by atoms with Crippen LogP contribution in [-0.2, 0) is 10.0 Å². The third-order valence-electron chi connectivity index (χ3n) is 3.71. The first-order valence-electron chi connectivity index (χ1n) is 7.23. The van der Waals surface area contributed by atoms with Crippen molar-refractivity contribution in [3.05, 3.63) is 64.6 Å². The number of hydrogen-bond acceptors (Lipinski definition) is 4. The van der Waals surface area contributed by atoms with E-state index >= 15 is 0 Å². The summed E-state index contributed by atoms with van der Waals surface area (Å²) in [6, 6.07) is 14.8. The maximum Gasteiger partial charge on any atom is 0.334 e. The van der Waals surface area contributed by atoms with Gasteiger partial charge in [-0.3, -0.25) is 0 Å². The molecule has 4 N–H and O–H groups in total. The first kappa shape index (κ1) is 17.5. The smallest absolute Gasteiger partial charge is 0.334 e. The molecule has 9 heteroatoms. The number of primary sulfonamides is 1. The molecule has 1 heterocycles. The molecule has 2 amide bonds. The standard InChI is InChI=1S/C16H15BrN4O3S/c17-14-10-20(16(18)22)21(15(14)11-4-2-1-3-5-11)12-6-8-13(9-7-12)25(19,23)24/h1-9H,10H2,(H2,18,22)(H2,19,23,24). The van der Waals surface area contributed by atoms with Gasteiger partial charge in [0.15, 0.2) is 0 Å². The minimum Gasteiger partial charge on any atom is -0.350 e. The van der Waals surface area contributed by atoms with Gasteiger partial charge < -0.3 is 5.73 Å². The molecule has 0 fully saturated rings. The molecule has 3 rings (SSSR count). The molecule has 1 aliphatic rings. The number of sulfonamides is 1. The van der Waals surface area contributed by atoms with E-state index in [4.69, 9.17) is 10.9 Å². The number of carbonyl (C=O) groups excluding carboxylic acids is 1. The number of hydrazine groups is 1. The first-order chi connectivity index (χ1) is 11.8. The third kappa shape index (κ3) is 3.39. The van der Waals surface area contributed by atoms with Crippen LogP contribution >= 0.6 is 15.9 Å². The van der Waals surface area contributed by atoms with Crippen LogP contribution < -0.4 is 15.9 Å². The number of primary amides is 1. The van der Waals surface area contributed by atoms with Crippen molar-refractivity contribution in [3.8, 4) is 0 Å². The fourth-order valence-corrected chi connectivity index (χ4v) is 3.76. The lowest BCUT2D eigenvalue weighted by Crippen LogP contribution is -2.45. The molecule has 2 aromatic carbocycles. The van der Waals surface area contributed by atoms with Crippen molar-refractivity contribution in [2.45, 2.75) is 4.90 Å². The molecule has 7 nitrogen and oxygen atoms in total. The number of carbonyl (C=O) groups is 1. The Labute approximate surface area is 153 Å². The SMILES string of the molecule is NC(=O)N1CC(Br)=C(c2ccccc2)N1c1ccc(S(N)(=O)=O)cc1. The normalized spacial score (nSPS) is 15.0. The van der Waals surface area contributed by atoms with Gasteiger partial charge in [-0.1, -0.05) is 46.3 Å². The Kier molecular flexibility index (Phi) is 4.55. The lowest BCUT2D eigenvalue weighted by atomic mass is 10.1. The van der Waals surface area contributed by atoms with Crippen molar-refractivity contribution in [1.29, 1.82) is 0 Å². The van der Waals surface area contributed by atoms with Crippen molar-refractivity contribution >= 4 is 43.4 Å². The van der Waals surface area contributed by atoms with Crippen LogP contribution in [0.5, 0.6) is 0 Å². The van der Waals surface area contributed by atoms with Gasteiger partial charge in [-0.2, -0.15) is 0 Å². The number of benzene rings is 2. The van der Waals surface area contributed by atoms with E-state index in [-0.39, 0.29) is 11.4 Å². The minimum absolute atomic E-state index is 0.00891. The second kappa shape index (κ2) is 6.51. The highest BCUT2D eigenvalue weighted by atomic mass is 79.9. The van der Waals surface area contributed by atoms with E-state index < -0.39 is 16.1 Å². The lowest BCUT2D eigenvalue weighted by Gasteiger charge is -2.31. The predicted octanol–water partition coefficient (Wildman–Crippen LogP) is 2.21. The van der Waals surface area contributed by atoms with Crippen molar-refractivity contribution in [2.75, 3.05) is 11.6 Å². The molecule has 0 aromatic heterocycles. The van der Waals surface area contributed by atoms with Crippen LogP contribution in [0.1, 0.15) is 5.56 Å². The molecular weight excluding hydrogens is 408 g/mol. The molecule has 0 spiro atoms. The van der Waals surface area contributed by atoms with Crippen molar-refractivity contribution in [3.63, 3.8) is 0 Å². The van der Waals surface area contributed by atoms with Gasteiger partial charge in [0.1, 0.15) is 0 Å². The topological polar surface area (TPSA) is 110 Å². The largest absolute Gasteiger partial charge is 0.350 e. The van der Waals surface area contributed by atoms with Gasteiger partial charge in [-0.05, 0) is 24.3 Å². The third-order valence-corrected chi connectivity index (χ3v) is 5.27. The Morgan fingerprint density at radius 1 is 1.04 bits per heavy atom. The van der Waals surface area contributed by atoms with Crippen LogP contribution in [0.2, 0.25) is 0 Å². The Morgan fingerprint density at radius 3 is 2.16 bits per heavy atom. The molecular formula is C16H15BrN4O3S. The van der Waals surface area contributed by atoms with E-state index in [2.05, 4.69) is 15.9 Å². The van der Waals surface area contributed by atoms with E-state index in [1.165, 1.54) is 17.1 Å². The number of nitrogens with zero attached hydrogens (tertiary/aromatic N) is 2. The Bertz CT molecular complexity index is 943. The van der Waals surface area contributed by atoms with E-state index in [1.807, 2.05) is 30.3 Å². The lowest BCUT2D eigenvalue weighted by molar-refractivity contribution is 0.216. The second-order valence-corrected chi connectivity index (χ2v) is 7.88. The molecule has 25 heavy (non-hydrogen) atoms. The average molecular weight is 423 g/mol. The molecule has 2 aromatic rings. The van der Waals surface area contributed by atoms with Gasteiger partial charge in [-0.25, -0.2) is 28.4 Å². The number of anilines is 1.